The first kappa shape index (κ1) is 19.8. The number of rotatable bonds is 7. The van der Waals surface area contributed by atoms with E-state index in [0.717, 1.165) is 23.8 Å². The highest BCUT2D eigenvalue weighted by atomic mass is 16.5. The minimum Gasteiger partial charge on any atom is -0.496 e. The van der Waals surface area contributed by atoms with Gasteiger partial charge >= 0.3 is 0 Å². The van der Waals surface area contributed by atoms with Gasteiger partial charge in [-0.3, -0.25) is 0 Å². The fraction of sp³-hybridized carbons (Fsp3) is 0.381. The van der Waals surface area contributed by atoms with Gasteiger partial charge in [-0.1, -0.05) is 48.5 Å². The molecular weight excluding hydrogens is 324 g/mol. The zero-order chi connectivity index (χ0) is 18.9. The lowest BCUT2D eigenvalue weighted by molar-refractivity contribution is 0.286. The van der Waals surface area contributed by atoms with Crippen LogP contribution in [0.5, 0.6) is 5.75 Å². The molecule has 0 aliphatic heterocycles. The van der Waals surface area contributed by atoms with Gasteiger partial charge in [-0.05, 0) is 25.7 Å². The van der Waals surface area contributed by atoms with Crippen LogP contribution in [0.1, 0.15) is 17.2 Å². The van der Waals surface area contributed by atoms with Crippen LogP contribution in [0.3, 0.4) is 0 Å². The van der Waals surface area contributed by atoms with E-state index in [2.05, 4.69) is 42.5 Å². The molecule has 2 aromatic carbocycles. The molecule has 0 bridgehead atoms. The molecular formula is C21H30N4O. The fourth-order valence-electron chi connectivity index (χ4n) is 2.81. The summed E-state index contributed by atoms with van der Waals surface area (Å²) in [6.45, 7) is 1.39. The van der Waals surface area contributed by atoms with Gasteiger partial charge in [0, 0.05) is 26.2 Å². The first-order valence-electron chi connectivity index (χ1n) is 8.81. The van der Waals surface area contributed by atoms with E-state index >= 15 is 0 Å². The molecule has 0 aliphatic rings. The summed E-state index contributed by atoms with van der Waals surface area (Å²) in [6, 6.07) is 18.6. The van der Waals surface area contributed by atoms with Crippen LogP contribution in [-0.4, -0.2) is 57.6 Å². The Bertz CT molecular complexity index is 698. The Kier molecular flexibility index (Phi) is 7.48. The van der Waals surface area contributed by atoms with Crippen molar-refractivity contribution >= 4 is 5.96 Å². The van der Waals surface area contributed by atoms with Crippen molar-refractivity contribution in [1.29, 1.82) is 0 Å². The highest BCUT2D eigenvalue weighted by Crippen LogP contribution is 2.27. The second-order valence-corrected chi connectivity index (χ2v) is 6.62. The number of aliphatic imine (C=N–C) groups is 1. The molecule has 1 atom stereocenters. The minimum atomic E-state index is 0.174. The third-order valence-electron chi connectivity index (χ3n) is 4.25. The third kappa shape index (κ3) is 5.49. The fourth-order valence-corrected chi connectivity index (χ4v) is 2.81. The standard InChI is InChI=1S/C21H30N4O/c1-24(2)19(18-13-9-10-14-20(18)26-5)16-23-21(25(3)4)22-15-17-11-7-6-8-12-17/h6-14,19H,15-16H2,1-5H3,(H,22,23). The molecule has 140 valence electrons. The third-order valence-corrected chi connectivity index (χ3v) is 4.25. The molecule has 0 radical (unpaired) electrons. The van der Waals surface area contributed by atoms with Crippen LogP contribution in [0.2, 0.25) is 0 Å². The lowest BCUT2D eigenvalue weighted by atomic mass is 10.0. The molecule has 0 aliphatic carbocycles. The van der Waals surface area contributed by atoms with Crippen LogP contribution >= 0.6 is 0 Å². The molecule has 1 N–H and O–H groups in total. The number of hydrogen-bond acceptors (Lipinski definition) is 3. The van der Waals surface area contributed by atoms with E-state index in [1.54, 1.807) is 7.11 Å². The van der Waals surface area contributed by atoms with Crippen LogP contribution in [0.4, 0.5) is 0 Å². The summed E-state index contributed by atoms with van der Waals surface area (Å²) < 4.78 is 5.54. The molecule has 0 heterocycles. The lowest BCUT2D eigenvalue weighted by Gasteiger charge is -2.28. The first-order valence-corrected chi connectivity index (χ1v) is 8.81. The molecule has 2 rings (SSSR count). The Morgan fingerprint density at radius 3 is 2.27 bits per heavy atom. The van der Waals surface area contributed by atoms with Gasteiger partial charge < -0.3 is 19.9 Å². The van der Waals surface area contributed by atoms with Gasteiger partial charge in [-0.25, -0.2) is 4.99 Å². The van der Waals surface area contributed by atoms with E-state index in [1.165, 1.54) is 5.56 Å². The number of nitrogens with zero attached hydrogens (tertiary/aromatic N) is 3. The maximum absolute atomic E-state index is 5.54. The second kappa shape index (κ2) is 9.82. The molecule has 0 aromatic heterocycles. The van der Waals surface area contributed by atoms with Crippen molar-refractivity contribution in [2.24, 2.45) is 4.99 Å². The summed E-state index contributed by atoms with van der Waals surface area (Å²) in [5.41, 5.74) is 2.36. The summed E-state index contributed by atoms with van der Waals surface area (Å²) in [6.07, 6.45) is 0. The maximum Gasteiger partial charge on any atom is 0.193 e. The van der Waals surface area contributed by atoms with Crippen molar-refractivity contribution < 1.29 is 4.74 Å². The second-order valence-electron chi connectivity index (χ2n) is 6.62. The smallest absolute Gasteiger partial charge is 0.193 e. The van der Waals surface area contributed by atoms with Crippen LogP contribution < -0.4 is 10.1 Å². The van der Waals surface area contributed by atoms with Crippen LogP contribution in [0.25, 0.3) is 0 Å². The van der Waals surface area contributed by atoms with Gasteiger partial charge in [0.25, 0.3) is 0 Å². The van der Waals surface area contributed by atoms with E-state index in [-0.39, 0.29) is 6.04 Å². The lowest BCUT2D eigenvalue weighted by Crippen LogP contribution is -2.41. The number of guanidine groups is 1. The van der Waals surface area contributed by atoms with E-state index < -0.39 is 0 Å². The van der Waals surface area contributed by atoms with Crippen molar-refractivity contribution in [3.8, 4) is 5.75 Å². The van der Waals surface area contributed by atoms with Crippen molar-refractivity contribution in [2.45, 2.75) is 12.6 Å². The normalized spacial score (nSPS) is 12.8. The van der Waals surface area contributed by atoms with Crippen molar-refractivity contribution in [1.82, 2.24) is 15.1 Å². The summed E-state index contributed by atoms with van der Waals surface area (Å²) in [5, 5.41) is 3.50. The van der Waals surface area contributed by atoms with Crippen molar-refractivity contribution in [3.05, 3.63) is 65.7 Å². The van der Waals surface area contributed by atoms with Gasteiger partial charge in [-0.15, -0.1) is 0 Å². The van der Waals surface area contributed by atoms with Gasteiger partial charge in [0.2, 0.25) is 0 Å². The molecule has 0 spiro atoms. The summed E-state index contributed by atoms with van der Waals surface area (Å²) in [4.78, 5) is 8.94. The number of likely N-dealkylation sites (N-methyl/N-ethyl adjacent to an activating group) is 1. The summed E-state index contributed by atoms with van der Waals surface area (Å²) in [5.74, 6) is 1.77. The van der Waals surface area contributed by atoms with Gasteiger partial charge in [-0.2, -0.15) is 0 Å². The SMILES string of the molecule is COc1ccccc1C(CNC(=NCc1ccccc1)N(C)C)N(C)C. The molecule has 5 heteroatoms. The van der Waals surface area contributed by atoms with Crippen LogP contribution in [0, 0.1) is 0 Å². The number of hydrogen-bond donors (Lipinski definition) is 1. The summed E-state index contributed by atoms with van der Waals surface area (Å²) >= 11 is 0. The first-order chi connectivity index (χ1) is 12.5. The Morgan fingerprint density at radius 2 is 1.65 bits per heavy atom. The number of methoxy groups -OCH3 is 1. The van der Waals surface area contributed by atoms with Crippen molar-refractivity contribution in [2.75, 3.05) is 41.8 Å². The molecule has 0 amide bonds. The molecule has 0 fully saturated rings. The Labute approximate surface area is 157 Å². The summed E-state index contributed by atoms with van der Waals surface area (Å²) in [7, 11) is 9.88. The Hall–Kier alpha value is -2.53. The van der Waals surface area contributed by atoms with Crippen molar-refractivity contribution in [3.63, 3.8) is 0 Å². The van der Waals surface area contributed by atoms with Gasteiger partial charge in [0.1, 0.15) is 5.75 Å². The highest BCUT2D eigenvalue weighted by molar-refractivity contribution is 5.79. The zero-order valence-electron chi connectivity index (χ0n) is 16.4. The topological polar surface area (TPSA) is 40.1 Å². The maximum atomic E-state index is 5.54. The number of para-hydroxylation sites is 1. The number of benzene rings is 2. The average Bonchev–Trinajstić information content (AvgIpc) is 2.65. The Balaban J connectivity index is 2.12. The number of nitrogens with one attached hydrogen (secondary N) is 1. The van der Waals surface area contributed by atoms with Gasteiger partial charge in [0.05, 0.1) is 19.7 Å². The quantitative estimate of drug-likeness (QED) is 0.613. The predicted octanol–water partition coefficient (Wildman–Crippen LogP) is 3.01. The minimum absolute atomic E-state index is 0.174. The molecule has 2 aromatic rings. The number of ether oxygens (including phenoxy) is 1. The molecule has 1 unspecified atom stereocenters. The monoisotopic (exact) mass is 354 g/mol. The van der Waals surface area contributed by atoms with E-state index in [1.807, 2.05) is 55.4 Å². The average molecular weight is 354 g/mol. The predicted molar refractivity (Wildman–Crippen MR) is 109 cm³/mol. The van der Waals surface area contributed by atoms with E-state index in [4.69, 9.17) is 9.73 Å². The highest BCUT2D eigenvalue weighted by Gasteiger charge is 2.18. The zero-order valence-corrected chi connectivity index (χ0v) is 16.4. The Morgan fingerprint density at radius 1 is 1.00 bits per heavy atom. The molecule has 5 nitrogen and oxygen atoms in total. The molecule has 0 saturated carbocycles. The van der Waals surface area contributed by atoms with Crippen LogP contribution in [0.15, 0.2) is 59.6 Å². The van der Waals surface area contributed by atoms with Crippen LogP contribution in [-0.2, 0) is 6.54 Å². The van der Waals surface area contributed by atoms with E-state index in [9.17, 15) is 0 Å². The van der Waals surface area contributed by atoms with E-state index in [0.29, 0.717) is 6.54 Å². The largest absolute Gasteiger partial charge is 0.496 e. The van der Waals surface area contributed by atoms with Gasteiger partial charge in [0.15, 0.2) is 5.96 Å². The molecule has 0 saturated heterocycles. The molecule has 26 heavy (non-hydrogen) atoms.